The summed E-state index contributed by atoms with van der Waals surface area (Å²) in [6.07, 6.45) is 7.39. The molecule has 1 aliphatic carbocycles. The summed E-state index contributed by atoms with van der Waals surface area (Å²) < 4.78 is 6.64. The molecule has 0 N–H and O–H groups in total. The van der Waals surface area contributed by atoms with Crippen LogP contribution in [0.25, 0.3) is 0 Å². The van der Waals surface area contributed by atoms with Gasteiger partial charge in [-0.2, -0.15) is 0 Å². The summed E-state index contributed by atoms with van der Waals surface area (Å²) in [7, 11) is 0. The lowest BCUT2D eigenvalue weighted by atomic mass is 9.91. The summed E-state index contributed by atoms with van der Waals surface area (Å²) >= 11 is 2.15. The molecular weight excluding hydrogens is 292 g/mol. The lowest BCUT2D eigenvalue weighted by Crippen LogP contribution is -2.61. The van der Waals surface area contributed by atoms with E-state index in [2.05, 4.69) is 33.8 Å². The van der Waals surface area contributed by atoms with E-state index < -0.39 is 0 Å². The van der Waals surface area contributed by atoms with Gasteiger partial charge in [-0.05, 0) is 38.3 Å². The largest absolute Gasteiger partial charge is 0.371 e. The van der Waals surface area contributed by atoms with Crippen LogP contribution in [0, 0.1) is 6.92 Å². The van der Waals surface area contributed by atoms with Crippen molar-refractivity contribution in [2.75, 3.05) is 18.8 Å². The van der Waals surface area contributed by atoms with E-state index >= 15 is 0 Å². The lowest BCUT2D eigenvalue weighted by Gasteiger charge is -2.50. The highest BCUT2D eigenvalue weighted by Crippen LogP contribution is 2.48. The standard InChI is InChI=1S/C18H26N2OS/c1-14-5-4-6-15(19-14)10-21-17-9-18(22-11-17)12-20(13-18)16-7-2-3-8-16/h4-6,16-17H,2-3,7-13H2,1H3/t17-/m1/s1. The first-order valence-corrected chi connectivity index (χ1v) is 9.63. The van der Waals surface area contributed by atoms with Gasteiger partial charge in [0, 0.05) is 35.3 Å². The van der Waals surface area contributed by atoms with Crippen LogP contribution < -0.4 is 0 Å². The fourth-order valence-electron chi connectivity index (χ4n) is 4.23. The Kier molecular flexibility index (Phi) is 4.18. The minimum atomic E-state index is 0.415. The van der Waals surface area contributed by atoms with E-state index in [1.165, 1.54) is 45.2 Å². The summed E-state index contributed by atoms with van der Waals surface area (Å²) in [5.41, 5.74) is 2.14. The van der Waals surface area contributed by atoms with Crippen LogP contribution in [0.15, 0.2) is 18.2 Å². The van der Waals surface area contributed by atoms with Crippen LogP contribution in [0.4, 0.5) is 0 Å². The first-order valence-electron chi connectivity index (χ1n) is 8.65. The summed E-state index contributed by atoms with van der Waals surface area (Å²) in [4.78, 5) is 7.26. The molecule has 120 valence electrons. The summed E-state index contributed by atoms with van der Waals surface area (Å²) in [6, 6.07) is 7.06. The van der Waals surface area contributed by atoms with Gasteiger partial charge in [-0.1, -0.05) is 18.9 Å². The molecule has 1 saturated carbocycles. The summed E-state index contributed by atoms with van der Waals surface area (Å²) in [5, 5.41) is 0. The molecule has 1 aromatic rings. The van der Waals surface area contributed by atoms with Crippen molar-refractivity contribution in [1.82, 2.24) is 9.88 Å². The SMILES string of the molecule is Cc1cccc(CO[C@H]2CSC3(C2)CN(C2CCCC2)C3)n1. The molecule has 4 rings (SSSR count). The maximum atomic E-state index is 6.13. The van der Waals surface area contributed by atoms with Gasteiger partial charge >= 0.3 is 0 Å². The van der Waals surface area contributed by atoms with Gasteiger partial charge in [-0.3, -0.25) is 9.88 Å². The van der Waals surface area contributed by atoms with Crippen molar-refractivity contribution >= 4 is 11.8 Å². The fraction of sp³-hybridized carbons (Fsp3) is 0.722. The van der Waals surface area contributed by atoms with Crippen LogP contribution in [0.2, 0.25) is 0 Å². The van der Waals surface area contributed by atoms with Gasteiger partial charge in [0.2, 0.25) is 0 Å². The number of ether oxygens (including phenoxy) is 1. The molecule has 3 heterocycles. The predicted octanol–water partition coefficient (Wildman–Crippen LogP) is 3.41. The highest BCUT2D eigenvalue weighted by molar-refractivity contribution is 8.01. The second kappa shape index (κ2) is 6.14. The number of aryl methyl sites for hydroxylation is 1. The highest BCUT2D eigenvalue weighted by Gasteiger charge is 2.51. The van der Waals surface area contributed by atoms with Crippen molar-refractivity contribution in [2.45, 2.75) is 62.5 Å². The van der Waals surface area contributed by atoms with Crippen LogP contribution >= 0.6 is 11.8 Å². The molecule has 0 aromatic carbocycles. The predicted molar refractivity (Wildman–Crippen MR) is 91.2 cm³/mol. The maximum absolute atomic E-state index is 6.13. The Labute approximate surface area is 137 Å². The first-order chi connectivity index (χ1) is 10.7. The number of hydrogen-bond acceptors (Lipinski definition) is 4. The number of thioether (sulfide) groups is 1. The van der Waals surface area contributed by atoms with Crippen molar-refractivity contribution in [3.05, 3.63) is 29.6 Å². The zero-order chi connectivity index (χ0) is 15.0. The van der Waals surface area contributed by atoms with Crippen molar-refractivity contribution in [3.8, 4) is 0 Å². The molecule has 3 nitrogen and oxygen atoms in total. The number of rotatable bonds is 4. The molecule has 0 radical (unpaired) electrons. The van der Waals surface area contributed by atoms with Crippen LogP contribution in [-0.4, -0.2) is 45.6 Å². The van der Waals surface area contributed by atoms with Gasteiger partial charge in [0.15, 0.2) is 0 Å². The van der Waals surface area contributed by atoms with Crippen molar-refractivity contribution in [1.29, 1.82) is 0 Å². The molecule has 0 bridgehead atoms. The summed E-state index contributed by atoms with van der Waals surface area (Å²) in [5.74, 6) is 1.16. The first kappa shape index (κ1) is 15.0. The van der Waals surface area contributed by atoms with Gasteiger partial charge < -0.3 is 4.74 Å². The number of pyridine rings is 1. The van der Waals surface area contributed by atoms with E-state index in [4.69, 9.17) is 4.74 Å². The van der Waals surface area contributed by atoms with Crippen LogP contribution in [0.5, 0.6) is 0 Å². The molecular formula is C18H26N2OS. The third-order valence-corrected chi connectivity index (χ3v) is 6.99. The highest BCUT2D eigenvalue weighted by atomic mass is 32.2. The van der Waals surface area contributed by atoms with Crippen LogP contribution in [-0.2, 0) is 11.3 Å². The van der Waals surface area contributed by atoms with Gasteiger partial charge in [0.05, 0.1) is 18.4 Å². The van der Waals surface area contributed by atoms with E-state index in [0.717, 1.165) is 23.2 Å². The molecule has 2 aliphatic heterocycles. The third kappa shape index (κ3) is 3.06. The van der Waals surface area contributed by atoms with Crippen LogP contribution in [0.1, 0.15) is 43.5 Å². The van der Waals surface area contributed by atoms with E-state index in [9.17, 15) is 0 Å². The second-order valence-electron chi connectivity index (χ2n) is 7.24. The Balaban J connectivity index is 1.25. The Hall–Kier alpha value is -0.580. The Bertz CT molecular complexity index is 524. The molecule has 4 heteroatoms. The van der Waals surface area contributed by atoms with E-state index in [-0.39, 0.29) is 0 Å². The van der Waals surface area contributed by atoms with Gasteiger partial charge in [-0.15, -0.1) is 11.8 Å². The van der Waals surface area contributed by atoms with Crippen molar-refractivity contribution < 1.29 is 4.74 Å². The zero-order valence-electron chi connectivity index (χ0n) is 13.5. The average molecular weight is 318 g/mol. The maximum Gasteiger partial charge on any atom is 0.0892 e. The third-order valence-electron chi connectivity index (χ3n) is 5.41. The molecule has 0 unspecified atom stereocenters. The molecule has 1 atom stereocenters. The Morgan fingerprint density at radius 3 is 2.91 bits per heavy atom. The monoisotopic (exact) mass is 318 g/mol. The topological polar surface area (TPSA) is 25.4 Å². The molecule has 3 aliphatic rings. The van der Waals surface area contributed by atoms with Gasteiger partial charge in [-0.25, -0.2) is 0 Å². The van der Waals surface area contributed by atoms with E-state index in [0.29, 0.717) is 17.5 Å². The number of nitrogens with zero attached hydrogens (tertiary/aromatic N) is 2. The fourth-order valence-corrected chi connectivity index (χ4v) is 5.81. The van der Waals surface area contributed by atoms with Gasteiger partial charge in [0.1, 0.15) is 0 Å². The minimum Gasteiger partial charge on any atom is -0.371 e. The molecule has 22 heavy (non-hydrogen) atoms. The van der Waals surface area contributed by atoms with Crippen LogP contribution in [0.3, 0.4) is 0 Å². The number of aromatic nitrogens is 1. The lowest BCUT2D eigenvalue weighted by molar-refractivity contribution is 0.0157. The normalized spacial score (nSPS) is 28.3. The van der Waals surface area contributed by atoms with E-state index in [1.54, 1.807) is 0 Å². The van der Waals surface area contributed by atoms with Gasteiger partial charge in [0.25, 0.3) is 0 Å². The zero-order valence-corrected chi connectivity index (χ0v) is 14.3. The Morgan fingerprint density at radius 1 is 1.32 bits per heavy atom. The second-order valence-corrected chi connectivity index (χ2v) is 8.73. The molecule has 1 spiro atoms. The molecule has 0 amide bonds. The van der Waals surface area contributed by atoms with E-state index in [1.807, 2.05) is 13.0 Å². The molecule has 1 aromatic heterocycles. The molecule has 2 saturated heterocycles. The smallest absolute Gasteiger partial charge is 0.0892 e. The summed E-state index contributed by atoms with van der Waals surface area (Å²) in [6.45, 7) is 5.29. The van der Waals surface area contributed by atoms with Crippen molar-refractivity contribution in [2.24, 2.45) is 0 Å². The quantitative estimate of drug-likeness (QED) is 0.849. The number of hydrogen-bond donors (Lipinski definition) is 0. The average Bonchev–Trinajstić information content (AvgIpc) is 3.13. The minimum absolute atomic E-state index is 0.415. The number of likely N-dealkylation sites (tertiary alicyclic amines) is 1. The Morgan fingerprint density at radius 2 is 2.14 bits per heavy atom. The molecule has 3 fully saturated rings. The van der Waals surface area contributed by atoms with Crippen molar-refractivity contribution in [3.63, 3.8) is 0 Å².